The Hall–Kier alpha value is -2.12. The van der Waals surface area contributed by atoms with Gasteiger partial charge in [0.25, 0.3) is 0 Å². The fourth-order valence-electron chi connectivity index (χ4n) is 1.84. The van der Waals surface area contributed by atoms with Crippen molar-refractivity contribution in [2.45, 2.75) is 13.5 Å². The summed E-state index contributed by atoms with van der Waals surface area (Å²) in [6.45, 7) is 2.09. The molecule has 0 spiro atoms. The Bertz CT molecular complexity index is 689. The molecular formula is C16H13BrN2O. The van der Waals surface area contributed by atoms with Crippen LogP contribution in [-0.4, -0.2) is 5.78 Å². The van der Waals surface area contributed by atoms with Gasteiger partial charge in [-0.1, -0.05) is 34.1 Å². The molecule has 1 N–H and O–H groups in total. The average molecular weight is 329 g/mol. The third-order valence-corrected chi connectivity index (χ3v) is 3.75. The highest BCUT2D eigenvalue weighted by Crippen LogP contribution is 2.21. The predicted molar refractivity (Wildman–Crippen MR) is 82.6 cm³/mol. The van der Waals surface area contributed by atoms with Gasteiger partial charge >= 0.3 is 0 Å². The number of nitriles is 1. The van der Waals surface area contributed by atoms with Crippen molar-refractivity contribution in [3.8, 4) is 6.07 Å². The molecule has 0 amide bonds. The summed E-state index contributed by atoms with van der Waals surface area (Å²) in [5, 5.41) is 12.3. The van der Waals surface area contributed by atoms with Crippen LogP contribution in [-0.2, 0) is 6.54 Å². The highest BCUT2D eigenvalue weighted by atomic mass is 79.9. The molecule has 0 aliphatic carbocycles. The molecule has 0 atom stereocenters. The van der Waals surface area contributed by atoms with E-state index in [0.717, 1.165) is 10.0 Å². The summed E-state index contributed by atoms with van der Waals surface area (Å²) in [5.74, 6) is -0.0153. The van der Waals surface area contributed by atoms with E-state index in [1.54, 1.807) is 18.2 Å². The first-order valence-corrected chi connectivity index (χ1v) is 6.93. The second kappa shape index (κ2) is 6.36. The Morgan fingerprint density at radius 3 is 2.70 bits per heavy atom. The van der Waals surface area contributed by atoms with E-state index >= 15 is 0 Å². The number of halogens is 1. The highest BCUT2D eigenvalue weighted by molar-refractivity contribution is 9.10. The molecule has 20 heavy (non-hydrogen) atoms. The SMILES string of the molecule is CC(=O)c1ccc(C#N)c(NCc2ccccc2Br)c1. The van der Waals surface area contributed by atoms with Crippen molar-refractivity contribution < 1.29 is 4.79 Å². The molecule has 2 aromatic rings. The Labute approximate surface area is 126 Å². The van der Waals surface area contributed by atoms with E-state index in [-0.39, 0.29) is 5.78 Å². The summed E-state index contributed by atoms with van der Waals surface area (Å²) < 4.78 is 1.01. The number of hydrogen-bond donors (Lipinski definition) is 1. The number of hydrogen-bond acceptors (Lipinski definition) is 3. The van der Waals surface area contributed by atoms with E-state index in [1.165, 1.54) is 6.92 Å². The lowest BCUT2D eigenvalue weighted by atomic mass is 10.1. The van der Waals surface area contributed by atoms with Gasteiger partial charge in [-0.05, 0) is 36.8 Å². The minimum absolute atomic E-state index is 0.0153. The van der Waals surface area contributed by atoms with Crippen LogP contribution in [0.5, 0.6) is 0 Å². The van der Waals surface area contributed by atoms with Crippen LogP contribution in [0.2, 0.25) is 0 Å². The molecule has 0 heterocycles. The average Bonchev–Trinajstić information content (AvgIpc) is 2.46. The van der Waals surface area contributed by atoms with Gasteiger partial charge in [-0.2, -0.15) is 5.26 Å². The van der Waals surface area contributed by atoms with Crippen LogP contribution in [0.4, 0.5) is 5.69 Å². The van der Waals surface area contributed by atoms with Gasteiger partial charge in [0.2, 0.25) is 0 Å². The third kappa shape index (κ3) is 3.25. The molecule has 0 unspecified atom stereocenters. The minimum atomic E-state index is -0.0153. The first-order chi connectivity index (χ1) is 9.61. The highest BCUT2D eigenvalue weighted by Gasteiger charge is 2.07. The van der Waals surface area contributed by atoms with Gasteiger partial charge < -0.3 is 5.32 Å². The molecule has 3 nitrogen and oxygen atoms in total. The number of anilines is 1. The van der Waals surface area contributed by atoms with Crippen LogP contribution in [0.3, 0.4) is 0 Å². The van der Waals surface area contributed by atoms with Gasteiger partial charge in [-0.15, -0.1) is 0 Å². The smallest absolute Gasteiger partial charge is 0.159 e. The van der Waals surface area contributed by atoms with E-state index in [2.05, 4.69) is 27.3 Å². The van der Waals surface area contributed by atoms with E-state index < -0.39 is 0 Å². The Kier molecular flexibility index (Phi) is 4.54. The third-order valence-electron chi connectivity index (χ3n) is 2.97. The van der Waals surface area contributed by atoms with E-state index in [0.29, 0.717) is 23.4 Å². The quantitative estimate of drug-likeness (QED) is 0.858. The minimum Gasteiger partial charge on any atom is -0.380 e. The van der Waals surface area contributed by atoms with Gasteiger partial charge in [0.1, 0.15) is 6.07 Å². The van der Waals surface area contributed by atoms with Gasteiger partial charge in [0, 0.05) is 16.6 Å². The normalized spacial score (nSPS) is 9.85. The molecule has 0 aliphatic rings. The fraction of sp³-hybridized carbons (Fsp3) is 0.125. The van der Waals surface area contributed by atoms with Gasteiger partial charge in [-0.3, -0.25) is 4.79 Å². The molecular weight excluding hydrogens is 316 g/mol. The second-order valence-electron chi connectivity index (χ2n) is 4.37. The molecule has 100 valence electrons. The van der Waals surface area contributed by atoms with Crippen LogP contribution < -0.4 is 5.32 Å². The molecule has 0 saturated heterocycles. The van der Waals surface area contributed by atoms with Crippen molar-refractivity contribution in [3.05, 3.63) is 63.6 Å². The van der Waals surface area contributed by atoms with Crippen molar-refractivity contribution in [1.29, 1.82) is 5.26 Å². The van der Waals surface area contributed by atoms with Crippen molar-refractivity contribution in [1.82, 2.24) is 0 Å². The maximum Gasteiger partial charge on any atom is 0.159 e. The number of ketones is 1. The Morgan fingerprint density at radius 2 is 2.05 bits per heavy atom. The lowest BCUT2D eigenvalue weighted by molar-refractivity contribution is 0.101. The molecule has 0 aromatic heterocycles. The first-order valence-electron chi connectivity index (χ1n) is 6.14. The lowest BCUT2D eigenvalue weighted by Crippen LogP contribution is -2.03. The van der Waals surface area contributed by atoms with Crippen LogP contribution in [0.15, 0.2) is 46.9 Å². The van der Waals surface area contributed by atoms with Crippen LogP contribution in [0.25, 0.3) is 0 Å². The lowest BCUT2D eigenvalue weighted by Gasteiger charge is -2.10. The Morgan fingerprint density at radius 1 is 1.30 bits per heavy atom. The van der Waals surface area contributed by atoms with Crippen LogP contribution in [0.1, 0.15) is 28.4 Å². The maximum atomic E-state index is 11.4. The van der Waals surface area contributed by atoms with Crippen molar-refractivity contribution in [2.24, 2.45) is 0 Å². The zero-order valence-electron chi connectivity index (χ0n) is 11.0. The van der Waals surface area contributed by atoms with E-state index in [1.807, 2.05) is 24.3 Å². The molecule has 0 bridgehead atoms. The summed E-state index contributed by atoms with van der Waals surface area (Å²) in [6, 6.07) is 15.1. The van der Waals surface area contributed by atoms with Crippen molar-refractivity contribution >= 4 is 27.4 Å². The summed E-state index contributed by atoms with van der Waals surface area (Å²) in [7, 11) is 0. The van der Waals surface area contributed by atoms with Gasteiger partial charge in [-0.25, -0.2) is 0 Å². The summed E-state index contributed by atoms with van der Waals surface area (Å²) in [6.07, 6.45) is 0. The number of nitrogens with one attached hydrogen (secondary N) is 1. The standard InChI is InChI=1S/C16H13BrN2O/c1-11(20)12-6-7-13(9-18)16(8-12)19-10-14-4-2-3-5-15(14)17/h2-8,19H,10H2,1H3. The zero-order chi connectivity index (χ0) is 14.5. The largest absolute Gasteiger partial charge is 0.380 e. The zero-order valence-corrected chi connectivity index (χ0v) is 12.6. The Balaban J connectivity index is 2.24. The molecule has 2 aromatic carbocycles. The van der Waals surface area contributed by atoms with Gasteiger partial charge in [0.05, 0.1) is 11.3 Å². The van der Waals surface area contributed by atoms with Crippen molar-refractivity contribution in [3.63, 3.8) is 0 Å². The van der Waals surface area contributed by atoms with Crippen LogP contribution in [0, 0.1) is 11.3 Å². The summed E-state index contributed by atoms with van der Waals surface area (Å²) >= 11 is 3.48. The number of rotatable bonds is 4. The molecule has 2 rings (SSSR count). The van der Waals surface area contributed by atoms with Gasteiger partial charge in [0.15, 0.2) is 5.78 Å². The molecule has 0 saturated carbocycles. The number of nitrogens with zero attached hydrogens (tertiary/aromatic N) is 1. The topological polar surface area (TPSA) is 52.9 Å². The molecule has 0 aliphatic heterocycles. The summed E-state index contributed by atoms with van der Waals surface area (Å²) in [4.78, 5) is 11.4. The van der Waals surface area contributed by atoms with Crippen molar-refractivity contribution in [2.75, 3.05) is 5.32 Å². The summed E-state index contributed by atoms with van der Waals surface area (Å²) in [5.41, 5.74) is 2.89. The molecule has 0 fully saturated rings. The predicted octanol–water partition coefficient (Wildman–Crippen LogP) is 4.14. The van der Waals surface area contributed by atoms with E-state index in [9.17, 15) is 4.79 Å². The fourth-order valence-corrected chi connectivity index (χ4v) is 2.26. The first kappa shape index (κ1) is 14.3. The molecule has 4 heteroatoms. The maximum absolute atomic E-state index is 11.4. The number of carbonyl (C=O) groups is 1. The molecule has 0 radical (unpaired) electrons. The number of benzene rings is 2. The number of Topliss-reactive ketones (excluding diaryl/α,β-unsaturated/α-hetero) is 1. The number of carbonyl (C=O) groups excluding carboxylic acids is 1. The van der Waals surface area contributed by atoms with E-state index in [4.69, 9.17) is 5.26 Å². The monoisotopic (exact) mass is 328 g/mol. The van der Waals surface area contributed by atoms with Crippen LogP contribution >= 0.6 is 15.9 Å². The second-order valence-corrected chi connectivity index (χ2v) is 5.23.